The smallest absolute Gasteiger partial charge is 0.330 e. The number of H-pyrrole nitrogens is 1. The fraction of sp³-hybridized carbons (Fsp3) is 0.429. The van der Waals surface area contributed by atoms with Crippen LogP contribution in [0.1, 0.15) is 6.92 Å². The van der Waals surface area contributed by atoms with Crippen molar-refractivity contribution in [2.75, 3.05) is 0 Å². The maximum absolute atomic E-state index is 12.7. The number of nitrogens with one attached hydrogen (secondary N) is 1. The van der Waals surface area contributed by atoms with Crippen LogP contribution >= 0.6 is 0 Å². The number of aliphatic hydroxyl groups excluding tert-OH is 1. The van der Waals surface area contributed by atoms with E-state index in [0.29, 0.717) is 6.20 Å². The normalized spacial score (nSPS) is 12.8. The first-order valence-electron chi connectivity index (χ1n) is 3.79. The van der Waals surface area contributed by atoms with Gasteiger partial charge in [-0.3, -0.25) is 14.3 Å². The molecule has 1 unspecified atom stereocenters. The van der Waals surface area contributed by atoms with Crippen LogP contribution in [0.2, 0.25) is 0 Å². The summed E-state index contributed by atoms with van der Waals surface area (Å²) in [6.45, 7) is 1.01. The number of aromatic amines is 1. The fourth-order valence-electron chi connectivity index (χ4n) is 0.767. The Morgan fingerprint density at radius 3 is 2.93 bits per heavy atom. The van der Waals surface area contributed by atoms with Crippen LogP contribution < -0.4 is 11.2 Å². The fourth-order valence-corrected chi connectivity index (χ4v) is 0.767. The topological polar surface area (TPSA) is 84.3 Å². The second kappa shape index (κ2) is 4.16. The van der Waals surface area contributed by atoms with Crippen LogP contribution in [0.3, 0.4) is 0 Å². The van der Waals surface area contributed by atoms with Gasteiger partial charge in [-0.15, -0.1) is 0 Å². The highest BCUT2D eigenvalue weighted by molar-refractivity contribution is 4.86. The quantitative estimate of drug-likeness (QED) is 0.618. The molecular weight excluding hydrogens is 195 g/mol. The van der Waals surface area contributed by atoms with Gasteiger partial charge in [0.1, 0.15) is 6.73 Å². The molecule has 1 aromatic heterocycles. The van der Waals surface area contributed by atoms with Crippen molar-refractivity contribution in [2.45, 2.75) is 19.9 Å². The highest BCUT2D eigenvalue weighted by Gasteiger charge is 2.04. The summed E-state index contributed by atoms with van der Waals surface area (Å²) in [5.74, 6) is -1.08. The first-order valence-corrected chi connectivity index (χ1v) is 3.79. The van der Waals surface area contributed by atoms with Crippen molar-refractivity contribution in [2.24, 2.45) is 0 Å². The van der Waals surface area contributed by atoms with E-state index in [1.54, 1.807) is 4.98 Å². The Morgan fingerprint density at radius 2 is 2.36 bits per heavy atom. The molecule has 0 aliphatic rings. The van der Waals surface area contributed by atoms with Crippen LogP contribution in [-0.2, 0) is 11.5 Å². The molecule has 0 amide bonds. The van der Waals surface area contributed by atoms with E-state index in [1.165, 1.54) is 6.92 Å². The van der Waals surface area contributed by atoms with Gasteiger partial charge in [-0.05, 0) is 6.92 Å². The number of aliphatic hydroxyl groups is 1. The third-order valence-electron chi connectivity index (χ3n) is 1.42. The second-order valence-electron chi connectivity index (χ2n) is 2.60. The van der Waals surface area contributed by atoms with Crippen molar-refractivity contribution >= 4 is 0 Å². The van der Waals surface area contributed by atoms with Crippen molar-refractivity contribution in [3.63, 3.8) is 0 Å². The van der Waals surface area contributed by atoms with E-state index in [2.05, 4.69) is 4.74 Å². The highest BCUT2D eigenvalue weighted by Crippen LogP contribution is 1.89. The monoisotopic (exact) mass is 204 g/mol. The van der Waals surface area contributed by atoms with Crippen LogP contribution in [0.5, 0.6) is 0 Å². The maximum Gasteiger partial charge on any atom is 0.330 e. The number of hydrogen-bond acceptors (Lipinski definition) is 4. The van der Waals surface area contributed by atoms with E-state index >= 15 is 0 Å². The summed E-state index contributed by atoms with van der Waals surface area (Å²) in [5, 5.41) is 8.73. The molecule has 6 nitrogen and oxygen atoms in total. The van der Waals surface area contributed by atoms with Crippen LogP contribution in [0.25, 0.3) is 0 Å². The first-order chi connectivity index (χ1) is 6.50. The number of nitrogens with zero attached hydrogens (tertiary/aromatic N) is 1. The van der Waals surface area contributed by atoms with Crippen LogP contribution in [0.15, 0.2) is 15.8 Å². The van der Waals surface area contributed by atoms with Gasteiger partial charge in [0.05, 0.1) is 6.20 Å². The predicted octanol–water partition coefficient (Wildman–Crippen LogP) is -1.01. The molecule has 1 heterocycles. The van der Waals surface area contributed by atoms with Gasteiger partial charge in [-0.2, -0.15) is 4.39 Å². The van der Waals surface area contributed by atoms with E-state index in [-0.39, 0.29) is 6.73 Å². The Kier molecular flexibility index (Phi) is 3.15. The van der Waals surface area contributed by atoms with Gasteiger partial charge in [0.25, 0.3) is 5.56 Å². The lowest BCUT2D eigenvalue weighted by atomic mass is 10.6. The Labute approximate surface area is 77.6 Å². The number of halogens is 1. The second-order valence-corrected chi connectivity index (χ2v) is 2.60. The number of aromatic nitrogens is 2. The van der Waals surface area contributed by atoms with Crippen molar-refractivity contribution in [3.8, 4) is 0 Å². The molecule has 0 spiro atoms. The third-order valence-corrected chi connectivity index (χ3v) is 1.42. The average molecular weight is 204 g/mol. The minimum absolute atomic E-state index is 0.329. The van der Waals surface area contributed by atoms with E-state index < -0.39 is 23.4 Å². The summed E-state index contributed by atoms with van der Waals surface area (Å²) in [6, 6.07) is 0. The van der Waals surface area contributed by atoms with E-state index in [4.69, 9.17) is 5.11 Å². The summed E-state index contributed by atoms with van der Waals surface area (Å²) in [6.07, 6.45) is -0.360. The largest absolute Gasteiger partial charge is 0.368 e. The first kappa shape index (κ1) is 10.6. The molecule has 0 radical (unpaired) electrons. The minimum Gasteiger partial charge on any atom is -0.368 e. The Morgan fingerprint density at radius 1 is 1.71 bits per heavy atom. The average Bonchev–Trinajstić information content (AvgIpc) is 2.09. The van der Waals surface area contributed by atoms with Crippen molar-refractivity contribution in [3.05, 3.63) is 32.9 Å². The van der Waals surface area contributed by atoms with Gasteiger partial charge in [-0.25, -0.2) is 4.79 Å². The molecule has 14 heavy (non-hydrogen) atoms. The van der Waals surface area contributed by atoms with E-state index in [9.17, 15) is 14.0 Å². The van der Waals surface area contributed by atoms with Crippen LogP contribution in [0.4, 0.5) is 4.39 Å². The molecule has 0 bridgehead atoms. The number of ether oxygens (including phenoxy) is 1. The zero-order chi connectivity index (χ0) is 10.7. The molecule has 78 valence electrons. The number of hydrogen-bond donors (Lipinski definition) is 2. The summed E-state index contributed by atoms with van der Waals surface area (Å²) in [7, 11) is 0. The molecule has 2 N–H and O–H groups in total. The van der Waals surface area contributed by atoms with Crippen molar-refractivity contribution in [1.29, 1.82) is 0 Å². The summed E-state index contributed by atoms with van der Waals surface area (Å²) in [4.78, 5) is 23.3. The lowest BCUT2D eigenvalue weighted by Gasteiger charge is -2.07. The molecule has 1 rings (SSSR count). The van der Waals surface area contributed by atoms with E-state index in [1.807, 2.05) is 0 Å². The van der Waals surface area contributed by atoms with Gasteiger partial charge < -0.3 is 9.84 Å². The third kappa shape index (κ3) is 2.51. The van der Waals surface area contributed by atoms with E-state index in [0.717, 1.165) is 4.57 Å². The van der Waals surface area contributed by atoms with Crippen LogP contribution in [0, 0.1) is 5.82 Å². The molecule has 0 aliphatic heterocycles. The zero-order valence-corrected chi connectivity index (χ0v) is 7.36. The molecule has 7 heteroatoms. The molecule has 1 aromatic rings. The standard InChI is InChI=1S/C7H9FN2O4/c1-4(11)14-3-10-2-5(8)6(12)9-7(10)13/h2,4,11H,3H2,1H3,(H,9,12,13). The minimum atomic E-state index is -1.08. The molecule has 0 fully saturated rings. The van der Waals surface area contributed by atoms with Gasteiger partial charge in [0.15, 0.2) is 6.29 Å². The molecular formula is C7H9FN2O4. The van der Waals surface area contributed by atoms with Crippen LogP contribution in [-0.4, -0.2) is 20.9 Å². The zero-order valence-electron chi connectivity index (χ0n) is 7.36. The van der Waals surface area contributed by atoms with Gasteiger partial charge in [0.2, 0.25) is 5.82 Å². The Balaban J connectivity index is 2.93. The highest BCUT2D eigenvalue weighted by atomic mass is 19.1. The summed E-state index contributed by atoms with van der Waals surface area (Å²) in [5.41, 5.74) is -1.87. The molecule has 0 saturated carbocycles. The lowest BCUT2D eigenvalue weighted by Crippen LogP contribution is -2.32. The Bertz CT molecular complexity index is 422. The lowest BCUT2D eigenvalue weighted by molar-refractivity contribution is -0.113. The van der Waals surface area contributed by atoms with Crippen molar-refractivity contribution < 1.29 is 14.2 Å². The maximum atomic E-state index is 12.7. The molecule has 0 aromatic carbocycles. The van der Waals surface area contributed by atoms with Crippen molar-refractivity contribution in [1.82, 2.24) is 9.55 Å². The molecule has 1 atom stereocenters. The summed E-state index contributed by atoms with van der Waals surface area (Å²) < 4.78 is 18.1. The Hall–Kier alpha value is -1.47. The summed E-state index contributed by atoms with van der Waals surface area (Å²) >= 11 is 0. The predicted molar refractivity (Wildman–Crippen MR) is 44.0 cm³/mol. The number of rotatable bonds is 3. The van der Waals surface area contributed by atoms with Gasteiger partial charge in [-0.1, -0.05) is 0 Å². The van der Waals surface area contributed by atoms with Gasteiger partial charge >= 0.3 is 5.69 Å². The van der Waals surface area contributed by atoms with Gasteiger partial charge in [0, 0.05) is 0 Å². The SMILES string of the molecule is CC(O)OCn1cc(F)c(=O)[nH]c1=O. The molecule has 0 aliphatic carbocycles. The molecule has 0 saturated heterocycles.